The number of nitrogens with zero attached hydrogens (tertiary/aromatic N) is 1. The minimum atomic E-state index is -0.338. The lowest BCUT2D eigenvalue weighted by Gasteiger charge is -2.40. The molecule has 0 aliphatic carbocycles. The number of hydrogen-bond donors (Lipinski definition) is 2. The predicted molar refractivity (Wildman–Crippen MR) is 80.9 cm³/mol. The summed E-state index contributed by atoms with van der Waals surface area (Å²) in [6, 6.07) is 4.30. The topological polar surface area (TPSA) is 57.4 Å². The van der Waals surface area contributed by atoms with E-state index in [2.05, 4.69) is 21.3 Å². The van der Waals surface area contributed by atoms with Gasteiger partial charge in [0.15, 0.2) is 0 Å². The van der Waals surface area contributed by atoms with Crippen molar-refractivity contribution in [3.05, 3.63) is 24.0 Å². The second kappa shape index (κ2) is 6.20. The maximum atomic E-state index is 13.2. The van der Waals surface area contributed by atoms with Crippen LogP contribution in [0.5, 0.6) is 0 Å². The van der Waals surface area contributed by atoms with Gasteiger partial charge in [-0.1, -0.05) is 0 Å². The molecule has 2 aliphatic heterocycles. The lowest BCUT2D eigenvalue weighted by Crippen LogP contribution is -2.51. The number of nitrogens with one attached hydrogen (secondary N) is 2. The molecule has 2 N–H and O–H groups in total. The zero-order chi connectivity index (χ0) is 14.7. The SMILES string of the molecule is COCC1(C(=O)N2CCCC2c2ccc[nH]2)CCNCC1. The maximum absolute atomic E-state index is 13.2. The molecule has 2 fully saturated rings. The number of rotatable bonds is 4. The van der Waals surface area contributed by atoms with E-state index in [0.29, 0.717) is 6.61 Å². The Morgan fingerprint density at radius 3 is 2.95 bits per heavy atom. The van der Waals surface area contributed by atoms with E-state index in [1.807, 2.05) is 12.3 Å². The van der Waals surface area contributed by atoms with Crippen LogP contribution in [0.2, 0.25) is 0 Å². The van der Waals surface area contributed by atoms with Gasteiger partial charge in [-0.05, 0) is 50.9 Å². The zero-order valence-corrected chi connectivity index (χ0v) is 12.7. The van der Waals surface area contributed by atoms with E-state index in [1.54, 1.807) is 7.11 Å². The molecule has 1 aromatic rings. The summed E-state index contributed by atoms with van der Waals surface area (Å²) in [5.74, 6) is 0.281. The Morgan fingerprint density at radius 1 is 1.48 bits per heavy atom. The Hall–Kier alpha value is -1.33. The van der Waals surface area contributed by atoms with Crippen molar-refractivity contribution >= 4 is 5.91 Å². The highest BCUT2D eigenvalue weighted by molar-refractivity contribution is 5.83. The van der Waals surface area contributed by atoms with E-state index >= 15 is 0 Å². The molecule has 0 radical (unpaired) electrons. The Kier molecular flexibility index (Phi) is 4.31. The molecule has 1 aromatic heterocycles. The van der Waals surface area contributed by atoms with Gasteiger partial charge in [0.05, 0.1) is 18.1 Å². The third-order valence-electron chi connectivity index (χ3n) is 4.93. The van der Waals surface area contributed by atoms with Crippen molar-refractivity contribution in [2.24, 2.45) is 5.41 Å². The molecule has 1 unspecified atom stereocenters. The molecule has 0 saturated carbocycles. The first-order valence-corrected chi connectivity index (χ1v) is 7.91. The quantitative estimate of drug-likeness (QED) is 0.887. The molecule has 116 valence electrons. The van der Waals surface area contributed by atoms with Crippen LogP contribution < -0.4 is 5.32 Å². The summed E-state index contributed by atoms with van der Waals surface area (Å²) >= 11 is 0. The van der Waals surface area contributed by atoms with Crippen molar-refractivity contribution in [1.82, 2.24) is 15.2 Å². The van der Waals surface area contributed by atoms with Crippen LogP contribution in [0, 0.1) is 5.41 Å². The van der Waals surface area contributed by atoms with E-state index < -0.39 is 0 Å². The number of ether oxygens (including phenoxy) is 1. The highest BCUT2D eigenvalue weighted by Gasteiger charge is 2.45. The lowest BCUT2D eigenvalue weighted by molar-refractivity contribution is -0.148. The molecule has 1 atom stereocenters. The second-order valence-electron chi connectivity index (χ2n) is 6.25. The first kappa shape index (κ1) is 14.6. The number of hydrogen-bond acceptors (Lipinski definition) is 3. The average molecular weight is 291 g/mol. The summed E-state index contributed by atoms with van der Waals surface area (Å²) in [4.78, 5) is 18.6. The molecule has 0 spiro atoms. The first-order chi connectivity index (χ1) is 10.3. The molecule has 2 aliphatic rings. The lowest BCUT2D eigenvalue weighted by atomic mass is 9.78. The Labute approximate surface area is 126 Å². The molecule has 2 saturated heterocycles. The summed E-state index contributed by atoms with van der Waals surface area (Å²) in [7, 11) is 1.70. The van der Waals surface area contributed by atoms with Gasteiger partial charge in [0.1, 0.15) is 0 Å². The van der Waals surface area contributed by atoms with E-state index in [4.69, 9.17) is 4.74 Å². The molecule has 5 heteroatoms. The number of methoxy groups -OCH3 is 1. The minimum Gasteiger partial charge on any atom is -0.384 e. The summed E-state index contributed by atoms with van der Waals surface area (Å²) in [6.45, 7) is 3.19. The number of carbonyl (C=O) groups is 1. The molecule has 5 nitrogen and oxygen atoms in total. The largest absolute Gasteiger partial charge is 0.384 e. The van der Waals surface area contributed by atoms with E-state index in [-0.39, 0.29) is 17.4 Å². The van der Waals surface area contributed by atoms with Crippen molar-refractivity contribution in [1.29, 1.82) is 0 Å². The number of likely N-dealkylation sites (tertiary alicyclic amines) is 1. The number of piperidine rings is 1. The van der Waals surface area contributed by atoms with Crippen LogP contribution in [0.1, 0.15) is 37.4 Å². The van der Waals surface area contributed by atoms with Crippen LogP contribution >= 0.6 is 0 Å². The van der Waals surface area contributed by atoms with Crippen LogP contribution in [0.4, 0.5) is 0 Å². The van der Waals surface area contributed by atoms with Gasteiger partial charge in [-0.3, -0.25) is 4.79 Å². The normalized spacial score (nSPS) is 25.2. The van der Waals surface area contributed by atoms with Gasteiger partial charge in [-0.25, -0.2) is 0 Å². The number of carbonyl (C=O) groups excluding carboxylic acids is 1. The molecule has 21 heavy (non-hydrogen) atoms. The van der Waals surface area contributed by atoms with Crippen LogP contribution in [0.3, 0.4) is 0 Å². The predicted octanol–water partition coefficient (Wildman–Crippen LogP) is 1.69. The first-order valence-electron chi connectivity index (χ1n) is 7.91. The van der Waals surface area contributed by atoms with Crippen molar-refractivity contribution in [3.8, 4) is 0 Å². The van der Waals surface area contributed by atoms with E-state index in [1.165, 1.54) is 0 Å². The fraction of sp³-hybridized carbons (Fsp3) is 0.688. The summed E-state index contributed by atoms with van der Waals surface area (Å²) in [5, 5.41) is 3.35. The van der Waals surface area contributed by atoms with Crippen LogP contribution in [-0.2, 0) is 9.53 Å². The molecular formula is C16H25N3O2. The van der Waals surface area contributed by atoms with Crippen LogP contribution in [0.15, 0.2) is 18.3 Å². The molecule has 1 amide bonds. The van der Waals surface area contributed by atoms with Gasteiger partial charge >= 0.3 is 0 Å². The van der Waals surface area contributed by atoms with Crippen molar-refractivity contribution < 1.29 is 9.53 Å². The van der Waals surface area contributed by atoms with Gasteiger partial charge in [0.25, 0.3) is 0 Å². The molecular weight excluding hydrogens is 266 g/mol. The third kappa shape index (κ3) is 2.72. The fourth-order valence-corrected chi connectivity index (χ4v) is 3.79. The molecule has 3 rings (SSSR count). The highest BCUT2D eigenvalue weighted by Crippen LogP contribution is 2.38. The number of amides is 1. The molecule has 0 bridgehead atoms. The molecule has 3 heterocycles. The van der Waals surface area contributed by atoms with Crippen molar-refractivity contribution in [3.63, 3.8) is 0 Å². The standard InChI is InChI=1S/C16H25N3O2/c1-21-12-16(6-9-17-10-7-16)15(20)19-11-3-5-14(19)13-4-2-8-18-13/h2,4,8,14,17-18H,3,5-7,9-12H2,1H3. The van der Waals surface area contributed by atoms with Crippen LogP contribution in [0.25, 0.3) is 0 Å². The summed E-state index contributed by atoms with van der Waals surface area (Å²) in [5.41, 5.74) is 0.817. The van der Waals surface area contributed by atoms with Gasteiger partial charge in [0, 0.05) is 25.5 Å². The third-order valence-corrected chi connectivity index (χ3v) is 4.93. The fourth-order valence-electron chi connectivity index (χ4n) is 3.79. The summed E-state index contributed by atoms with van der Waals surface area (Å²) < 4.78 is 5.41. The second-order valence-corrected chi connectivity index (χ2v) is 6.25. The van der Waals surface area contributed by atoms with E-state index in [0.717, 1.165) is 51.0 Å². The highest BCUT2D eigenvalue weighted by atomic mass is 16.5. The maximum Gasteiger partial charge on any atom is 0.231 e. The van der Waals surface area contributed by atoms with Gasteiger partial charge in [-0.15, -0.1) is 0 Å². The number of aromatic nitrogens is 1. The van der Waals surface area contributed by atoms with Crippen molar-refractivity contribution in [2.45, 2.75) is 31.7 Å². The Balaban J connectivity index is 1.81. The monoisotopic (exact) mass is 291 g/mol. The minimum absolute atomic E-state index is 0.205. The van der Waals surface area contributed by atoms with Crippen molar-refractivity contribution in [2.75, 3.05) is 33.4 Å². The smallest absolute Gasteiger partial charge is 0.231 e. The summed E-state index contributed by atoms with van der Waals surface area (Å²) in [6.07, 6.45) is 5.80. The number of H-pyrrole nitrogens is 1. The Morgan fingerprint density at radius 2 is 2.29 bits per heavy atom. The zero-order valence-electron chi connectivity index (χ0n) is 12.7. The average Bonchev–Trinajstić information content (AvgIpc) is 3.18. The van der Waals surface area contributed by atoms with E-state index in [9.17, 15) is 4.79 Å². The molecule has 0 aromatic carbocycles. The Bertz CT molecular complexity index is 460. The van der Waals surface area contributed by atoms with Gasteiger partial charge in [0.2, 0.25) is 5.91 Å². The van der Waals surface area contributed by atoms with Crippen LogP contribution in [-0.4, -0.2) is 49.1 Å². The number of aromatic amines is 1. The van der Waals surface area contributed by atoms with Gasteiger partial charge in [-0.2, -0.15) is 0 Å². The van der Waals surface area contributed by atoms with Gasteiger partial charge < -0.3 is 19.9 Å².